The standard InChI is InChI=1S/C25H31N/c1-17(2)19-8-11-21(12-9-19)26-18(3)20-10-13-22-23(16-20)25(6,7)15-14-24(22,4)5/h8-13,16,26H,1,3,14-15H2,2,4-7H3. The molecule has 1 heteroatoms. The molecular formula is C25H31N. The van der Waals surface area contributed by atoms with E-state index in [9.17, 15) is 0 Å². The van der Waals surface area contributed by atoms with E-state index in [1.165, 1.54) is 35.1 Å². The molecule has 0 spiro atoms. The van der Waals surface area contributed by atoms with Gasteiger partial charge in [-0.1, -0.05) is 70.7 Å². The van der Waals surface area contributed by atoms with E-state index in [1.54, 1.807) is 0 Å². The van der Waals surface area contributed by atoms with Crippen LogP contribution in [0.25, 0.3) is 11.3 Å². The molecule has 0 atom stereocenters. The average Bonchev–Trinajstić information content (AvgIpc) is 2.59. The highest BCUT2D eigenvalue weighted by Crippen LogP contribution is 2.46. The Morgan fingerprint density at radius 3 is 1.92 bits per heavy atom. The molecule has 3 rings (SSSR count). The fourth-order valence-corrected chi connectivity index (χ4v) is 3.86. The van der Waals surface area contributed by atoms with Gasteiger partial charge in [-0.25, -0.2) is 0 Å². The summed E-state index contributed by atoms with van der Waals surface area (Å²) in [7, 11) is 0. The van der Waals surface area contributed by atoms with Crippen LogP contribution in [0.4, 0.5) is 5.69 Å². The number of rotatable bonds is 4. The van der Waals surface area contributed by atoms with Crippen LogP contribution < -0.4 is 5.32 Å². The summed E-state index contributed by atoms with van der Waals surface area (Å²) >= 11 is 0. The highest BCUT2D eigenvalue weighted by molar-refractivity contribution is 5.77. The molecule has 0 saturated carbocycles. The van der Waals surface area contributed by atoms with Crippen molar-refractivity contribution in [3.63, 3.8) is 0 Å². The van der Waals surface area contributed by atoms with Crippen LogP contribution in [0.15, 0.2) is 55.6 Å². The van der Waals surface area contributed by atoms with Gasteiger partial charge in [0, 0.05) is 11.4 Å². The topological polar surface area (TPSA) is 12.0 Å². The molecule has 1 aliphatic carbocycles. The number of allylic oxidation sites excluding steroid dienone is 1. The zero-order chi connectivity index (χ0) is 19.1. The fraction of sp³-hybridized carbons (Fsp3) is 0.360. The maximum Gasteiger partial charge on any atom is 0.0384 e. The summed E-state index contributed by atoms with van der Waals surface area (Å²) in [5, 5.41) is 3.46. The van der Waals surface area contributed by atoms with Crippen molar-refractivity contribution in [3.8, 4) is 0 Å². The summed E-state index contributed by atoms with van der Waals surface area (Å²) in [5.74, 6) is 0. The molecule has 0 unspecified atom stereocenters. The third-order valence-corrected chi connectivity index (χ3v) is 5.87. The van der Waals surface area contributed by atoms with Crippen molar-refractivity contribution >= 4 is 17.0 Å². The normalized spacial score (nSPS) is 17.3. The summed E-state index contributed by atoms with van der Waals surface area (Å²) < 4.78 is 0. The molecule has 0 radical (unpaired) electrons. The van der Waals surface area contributed by atoms with Gasteiger partial charge in [0.15, 0.2) is 0 Å². The molecule has 2 aromatic carbocycles. The molecule has 0 fully saturated rings. The first-order valence-electron chi connectivity index (χ1n) is 9.47. The predicted molar refractivity (Wildman–Crippen MR) is 116 cm³/mol. The number of benzene rings is 2. The molecule has 0 bridgehead atoms. The highest BCUT2D eigenvalue weighted by atomic mass is 14.9. The van der Waals surface area contributed by atoms with Crippen LogP contribution in [0.1, 0.15) is 69.7 Å². The van der Waals surface area contributed by atoms with Crippen molar-refractivity contribution in [3.05, 3.63) is 77.9 Å². The maximum absolute atomic E-state index is 4.28. The largest absolute Gasteiger partial charge is 0.356 e. The van der Waals surface area contributed by atoms with Gasteiger partial charge in [-0.2, -0.15) is 0 Å². The molecule has 2 aromatic rings. The Balaban J connectivity index is 1.88. The van der Waals surface area contributed by atoms with E-state index in [2.05, 4.69) is 88.6 Å². The van der Waals surface area contributed by atoms with Crippen LogP contribution in [-0.2, 0) is 10.8 Å². The third-order valence-electron chi connectivity index (χ3n) is 5.87. The lowest BCUT2D eigenvalue weighted by molar-refractivity contribution is 0.332. The SMILES string of the molecule is C=C(C)c1ccc(NC(=C)c2ccc3c(c2)C(C)(C)CCC3(C)C)cc1. The lowest BCUT2D eigenvalue weighted by Crippen LogP contribution is -2.33. The van der Waals surface area contributed by atoms with E-state index in [1.807, 2.05) is 6.92 Å². The quantitative estimate of drug-likeness (QED) is 0.620. The van der Waals surface area contributed by atoms with Gasteiger partial charge in [-0.3, -0.25) is 0 Å². The second-order valence-corrected chi connectivity index (χ2v) is 8.99. The molecule has 0 aromatic heterocycles. The second-order valence-electron chi connectivity index (χ2n) is 8.99. The van der Waals surface area contributed by atoms with Gasteiger partial charge >= 0.3 is 0 Å². The van der Waals surface area contributed by atoms with Crippen molar-refractivity contribution in [1.29, 1.82) is 0 Å². The summed E-state index contributed by atoms with van der Waals surface area (Å²) in [6.07, 6.45) is 2.46. The van der Waals surface area contributed by atoms with E-state index >= 15 is 0 Å². The van der Waals surface area contributed by atoms with Crippen LogP contribution in [0.5, 0.6) is 0 Å². The molecule has 1 aliphatic rings. The van der Waals surface area contributed by atoms with E-state index < -0.39 is 0 Å². The van der Waals surface area contributed by atoms with Crippen LogP contribution in [-0.4, -0.2) is 0 Å². The molecule has 136 valence electrons. The molecular weight excluding hydrogens is 314 g/mol. The van der Waals surface area contributed by atoms with Crippen molar-refractivity contribution < 1.29 is 0 Å². The van der Waals surface area contributed by atoms with Crippen LogP contribution in [0.3, 0.4) is 0 Å². The Kier molecular flexibility index (Phi) is 4.60. The van der Waals surface area contributed by atoms with E-state index in [4.69, 9.17) is 0 Å². The first-order valence-corrected chi connectivity index (χ1v) is 9.47. The number of hydrogen-bond acceptors (Lipinski definition) is 1. The van der Waals surface area contributed by atoms with Crippen molar-refractivity contribution in [2.45, 2.75) is 58.3 Å². The van der Waals surface area contributed by atoms with E-state index in [0.717, 1.165) is 17.0 Å². The molecule has 0 aliphatic heterocycles. The minimum Gasteiger partial charge on any atom is -0.356 e. The molecule has 1 nitrogen and oxygen atoms in total. The minimum absolute atomic E-state index is 0.213. The lowest BCUT2D eigenvalue weighted by Gasteiger charge is -2.42. The Morgan fingerprint density at radius 2 is 1.35 bits per heavy atom. The molecule has 26 heavy (non-hydrogen) atoms. The molecule has 0 heterocycles. The van der Waals surface area contributed by atoms with Crippen molar-refractivity contribution in [2.75, 3.05) is 5.32 Å². The zero-order valence-corrected chi connectivity index (χ0v) is 16.9. The van der Waals surface area contributed by atoms with Gasteiger partial charge in [0.2, 0.25) is 0 Å². The summed E-state index contributed by atoms with van der Waals surface area (Å²) in [6, 6.07) is 15.2. The van der Waals surface area contributed by atoms with Crippen molar-refractivity contribution in [2.24, 2.45) is 0 Å². The van der Waals surface area contributed by atoms with Crippen LogP contribution in [0.2, 0.25) is 0 Å². The second kappa shape index (κ2) is 6.46. The predicted octanol–water partition coefficient (Wildman–Crippen LogP) is 7.15. The smallest absolute Gasteiger partial charge is 0.0384 e. The number of anilines is 1. The molecule has 0 amide bonds. The van der Waals surface area contributed by atoms with E-state index in [-0.39, 0.29) is 10.8 Å². The zero-order valence-electron chi connectivity index (χ0n) is 16.9. The van der Waals surface area contributed by atoms with Crippen molar-refractivity contribution in [1.82, 2.24) is 0 Å². The molecule has 1 N–H and O–H groups in total. The van der Waals surface area contributed by atoms with Crippen LogP contribution in [0, 0.1) is 0 Å². The van der Waals surface area contributed by atoms with Gasteiger partial charge < -0.3 is 5.32 Å². The van der Waals surface area contributed by atoms with Crippen LogP contribution >= 0.6 is 0 Å². The third kappa shape index (κ3) is 3.49. The average molecular weight is 346 g/mol. The van der Waals surface area contributed by atoms with E-state index in [0.29, 0.717) is 0 Å². The fourth-order valence-electron chi connectivity index (χ4n) is 3.86. The lowest BCUT2D eigenvalue weighted by atomic mass is 9.63. The van der Waals surface area contributed by atoms with Gasteiger partial charge in [0.25, 0.3) is 0 Å². The number of nitrogens with one attached hydrogen (secondary N) is 1. The van der Waals surface area contributed by atoms with Gasteiger partial charge in [0.05, 0.1) is 0 Å². The summed E-state index contributed by atoms with van der Waals surface area (Å²) in [6.45, 7) is 19.7. The maximum atomic E-state index is 4.28. The Labute approximate surface area is 158 Å². The summed E-state index contributed by atoms with van der Waals surface area (Å²) in [5.41, 5.74) is 8.81. The number of fused-ring (bicyclic) bond motifs is 1. The first-order chi connectivity index (χ1) is 12.1. The number of hydrogen-bond donors (Lipinski definition) is 1. The van der Waals surface area contributed by atoms with Gasteiger partial charge in [0.1, 0.15) is 0 Å². The monoisotopic (exact) mass is 345 g/mol. The van der Waals surface area contributed by atoms with Gasteiger partial charge in [-0.15, -0.1) is 0 Å². The Hall–Kier alpha value is -2.28. The Morgan fingerprint density at radius 1 is 0.808 bits per heavy atom. The Bertz CT molecular complexity index is 850. The highest BCUT2D eigenvalue weighted by Gasteiger charge is 2.36. The summed E-state index contributed by atoms with van der Waals surface area (Å²) in [4.78, 5) is 0. The molecule has 0 saturated heterocycles. The van der Waals surface area contributed by atoms with Gasteiger partial charge in [-0.05, 0) is 71.0 Å². The first kappa shape index (κ1) is 18.5. The minimum atomic E-state index is 0.213.